The molecule has 0 spiro atoms. The first-order valence-corrected chi connectivity index (χ1v) is 3.51. The van der Waals surface area contributed by atoms with Crippen molar-refractivity contribution in [2.45, 2.75) is 37.8 Å². The van der Waals surface area contributed by atoms with Crippen LogP contribution in [0.1, 0.15) is 13.3 Å². The van der Waals surface area contributed by atoms with E-state index in [4.69, 9.17) is 9.84 Å². The van der Waals surface area contributed by atoms with Gasteiger partial charge in [-0.1, -0.05) is 6.92 Å². The van der Waals surface area contributed by atoms with Crippen LogP contribution in [0.15, 0.2) is 0 Å². The monoisotopic (exact) mass is 507 g/mol. The smallest absolute Gasteiger partial charge is 0.106 e. The number of aliphatic hydroxyl groups is 2. The van der Waals surface area contributed by atoms with Crippen LogP contribution < -0.4 is 0 Å². The SMILES string of the molecule is [CH2-][C@@H]1O[C@H](CC)[C@@H](O)[C@H]1O.[W].[Y].[Y]. The fourth-order valence-electron chi connectivity index (χ4n) is 1.16. The molecule has 0 amide bonds. The summed E-state index contributed by atoms with van der Waals surface area (Å²) >= 11 is 0. The largest absolute Gasteiger partial charge is 0.402 e. The second-order valence-corrected chi connectivity index (χ2v) is 2.60. The van der Waals surface area contributed by atoms with Gasteiger partial charge in [0.05, 0.1) is 12.2 Å². The Hall–Kier alpha value is 2.78. The third kappa shape index (κ3) is 5.59. The zero-order chi connectivity index (χ0) is 7.72. The predicted octanol–water partition coefficient (Wildman–Crippen LogP) is -0.288. The van der Waals surface area contributed by atoms with Gasteiger partial charge in [-0.25, -0.2) is 0 Å². The molecule has 0 aromatic carbocycles. The molecule has 0 unspecified atom stereocenters. The van der Waals surface area contributed by atoms with Gasteiger partial charge in [0.2, 0.25) is 0 Å². The summed E-state index contributed by atoms with van der Waals surface area (Å²) in [5.41, 5.74) is 0. The van der Waals surface area contributed by atoms with E-state index in [2.05, 4.69) is 6.92 Å². The molecule has 6 heteroatoms. The number of aliphatic hydroxyl groups excluding tert-OH is 2. The van der Waals surface area contributed by atoms with Crippen molar-refractivity contribution in [3.05, 3.63) is 6.92 Å². The predicted molar refractivity (Wildman–Crippen MR) is 36.3 cm³/mol. The van der Waals surface area contributed by atoms with E-state index in [9.17, 15) is 5.11 Å². The van der Waals surface area contributed by atoms with Gasteiger partial charge in [-0.05, 0) is 12.5 Å². The van der Waals surface area contributed by atoms with Gasteiger partial charge in [-0.15, -0.1) is 0 Å². The average molecular weight is 507 g/mol. The molecule has 0 bridgehead atoms. The van der Waals surface area contributed by atoms with Gasteiger partial charge in [0.25, 0.3) is 0 Å². The maximum atomic E-state index is 9.21. The Kier molecular flexibility index (Phi) is 16.2. The third-order valence-electron chi connectivity index (χ3n) is 1.86. The second-order valence-electron chi connectivity index (χ2n) is 2.60. The summed E-state index contributed by atoms with van der Waals surface area (Å²) in [6.07, 6.45) is -1.57. The fraction of sp³-hybridized carbons (Fsp3) is 0.857. The Labute approximate surface area is 144 Å². The maximum absolute atomic E-state index is 9.21. The first-order valence-electron chi connectivity index (χ1n) is 3.51. The molecule has 1 aliphatic rings. The molecule has 1 saturated heterocycles. The fourth-order valence-corrected chi connectivity index (χ4v) is 1.16. The Balaban J connectivity index is -0.000000333. The summed E-state index contributed by atoms with van der Waals surface area (Å²) in [5.74, 6) is 0. The van der Waals surface area contributed by atoms with Crippen molar-refractivity contribution in [3.63, 3.8) is 0 Å². The number of hydrogen-bond donors (Lipinski definition) is 2. The van der Waals surface area contributed by atoms with E-state index in [1.165, 1.54) is 0 Å². The number of hydrogen-bond acceptors (Lipinski definition) is 3. The summed E-state index contributed by atoms with van der Waals surface area (Å²) in [6, 6.07) is 0. The van der Waals surface area contributed by atoms with Crippen LogP contribution in [0.5, 0.6) is 0 Å². The quantitative estimate of drug-likeness (QED) is 0.481. The molecule has 0 aliphatic carbocycles. The summed E-state index contributed by atoms with van der Waals surface area (Å²) in [7, 11) is 0. The Morgan fingerprint density at radius 3 is 1.85 bits per heavy atom. The molecule has 1 heterocycles. The molecular weight excluding hydrogens is 494 g/mol. The van der Waals surface area contributed by atoms with Crippen LogP contribution in [0.2, 0.25) is 0 Å². The molecule has 4 atom stereocenters. The molecule has 72 valence electrons. The zero-order valence-corrected chi connectivity index (χ0v) is 16.2. The molecule has 1 rings (SSSR count). The molecule has 2 radical (unpaired) electrons. The van der Waals surface area contributed by atoms with Gasteiger partial charge in [0.1, 0.15) is 6.10 Å². The summed E-state index contributed by atoms with van der Waals surface area (Å²) < 4.78 is 5.12. The molecule has 2 N–H and O–H groups in total. The van der Waals surface area contributed by atoms with Gasteiger partial charge in [0.15, 0.2) is 0 Å². The van der Waals surface area contributed by atoms with Crippen LogP contribution >= 0.6 is 0 Å². The van der Waals surface area contributed by atoms with Crippen LogP contribution in [0.3, 0.4) is 0 Å². The Bertz CT molecular complexity index is 128. The van der Waals surface area contributed by atoms with E-state index < -0.39 is 18.3 Å². The van der Waals surface area contributed by atoms with E-state index >= 15 is 0 Å². The topological polar surface area (TPSA) is 49.7 Å². The van der Waals surface area contributed by atoms with Crippen molar-refractivity contribution in [1.29, 1.82) is 0 Å². The first-order chi connectivity index (χ1) is 4.66. The summed E-state index contributed by atoms with van der Waals surface area (Å²) in [5, 5.41) is 18.3. The van der Waals surface area contributed by atoms with Crippen molar-refractivity contribution in [2.75, 3.05) is 0 Å². The molecule has 0 aromatic rings. The van der Waals surface area contributed by atoms with E-state index in [-0.39, 0.29) is 92.6 Å². The first kappa shape index (κ1) is 21.1. The maximum Gasteiger partial charge on any atom is 0.106 e. The van der Waals surface area contributed by atoms with Crippen molar-refractivity contribution >= 4 is 0 Å². The van der Waals surface area contributed by atoms with E-state index in [1.807, 2.05) is 6.92 Å². The standard InChI is InChI=1S/C7H13O3.W.2Y/c1-3-5-7(9)6(8)4(2)10-5;;;/h4-9H,2-3H2,1H3;;;/q-1;;;/t4-,5+,6-,7+;;;/m0.../s1. The zero-order valence-electron chi connectivity index (χ0n) is 7.59. The van der Waals surface area contributed by atoms with Crippen LogP contribution in [0, 0.1) is 6.92 Å². The molecule has 0 saturated carbocycles. The molecular formula is C7H13O3WY2-. The van der Waals surface area contributed by atoms with Crippen LogP contribution in [-0.4, -0.2) is 34.6 Å². The van der Waals surface area contributed by atoms with Gasteiger partial charge < -0.3 is 21.9 Å². The van der Waals surface area contributed by atoms with Gasteiger partial charge in [-0.3, -0.25) is 0 Å². The van der Waals surface area contributed by atoms with Crippen molar-refractivity contribution in [3.8, 4) is 0 Å². The van der Waals surface area contributed by atoms with Gasteiger partial charge >= 0.3 is 0 Å². The summed E-state index contributed by atoms with van der Waals surface area (Å²) in [6.45, 7) is 5.44. The minimum absolute atomic E-state index is 0. The van der Waals surface area contributed by atoms with Crippen molar-refractivity contribution < 1.29 is 101 Å². The summed E-state index contributed by atoms with van der Waals surface area (Å²) in [4.78, 5) is 0. The second kappa shape index (κ2) is 9.96. The molecule has 3 nitrogen and oxygen atoms in total. The Morgan fingerprint density at radius 2 is 1.69 bits per heavy atom. The third-order valence-corrected chi connectivity index (χ3v) is 1.86. The van der Waals surface area contributed by atoms with Gasteiger partial charge in [-0.2, -0.15) is 0 Å². The van der Waals surface area contributed by atoms with Crippen molar-refractivity contribution in [2.24, 2.45) is 0 Å². The Morgan fingerprint density at radius 1 is 1.23 bits per heavy atom. The minimum Gasteiger partial charge on any atom is -0.402 e. The number of rotatable bonds is 1. The van der Waals surface area contributed by atoms with Crippen LogP contribution in [0.25, 0.3) is 0 Å². The van der Waals surface area contributed by atoms with E-state index in [1.54, 1.807) is 0 Å². The molecule has 13 heavy (non-hydrogen) atoms. The van der Waals surface area contributed by atoms with Crippen molar-refractivity contribution in [1.82, 2.24) is 0 Å². The number of ether oxygens (including phenoxy) is 1. The normalized spacial score (nSPS) is 36.9. The average Bonchev–Trinajstić information content (AvgIpc) is 2.17. The van der Waals surface area contributed by atoms with Crippen LogP contribution in [-0.2, 0) is 91.2 Å². The molecule has 1 aliphatic heterocycles. The van der Waals surface area contributed by atoms with Crippen LogP contribution in [0.4, 0.5) is 0 Å². The van der Waals surface area contributed by atoms with Gasteiger partial charge in [0, 0.05) is 86.5 Å². The minimum atomic E-state index is -0.815. The van der Waals surface area contributed by atoms with E-state index in [0.717, 1.165) is 0 Å². The van der Waals surface area contributed by atoms with E-state index in [0.29, 0.717) is 6.42 Å². The molecule has 1 fully saturated rings. The molecule has 0 aromatic heterocycles.